The van der Waals surface area contributed by atoms with E-state index in [4.69, 9.17) is 4.74 Å². The average Bonchev–Trinajstić information content (AvgIpc) is 2.78. The second kappa shape index (κ2) is 7.50. The van der Waals surface area contributed by atoms with Gasteiger partial charge in [0.25, 0.3) is 5.56 Å². The fourth-order valence-corrected chi connectivity index (χ4v) is 3.79. The van der Waals surface area contributed by atoms with Crippen LogP contribution in [0.25, 0.3) is 11.1 Å². The van der Waals surface area contributed by atoms with E-state index in [-0.39, 0.29) is 11.5 Å². The van der Waals surface area contributed by atoms with Crippen LogP contribution in [-0.2, 0) is 35.5 Å². The minimum Gasteiger partial charge on any atom is -0.378 e. The molecule has 0 bridgehead atoms. The van der Waals surface area contributed by atoms with Gasteiger partial charge in [-0.25, -0.2) is 4.68 Å². The van der Waals surface area contributed by atoms with Gasteiger partial charge >= 0.3 is 0 Å². The van der Waals surface area contributed by atoms with Crippen molar-refractivity contribution in [2.75, 3.05) is 18.5 Å². The first-order valence-corrected chi connectivity index (χ1v) is 9.29. The summed E-state index contributed by atoms with van der Waals surface area (Å²) in [4.78, 5) is 25.2. The maximum atomic E-state index is 13.3. The highest BCUT2D eigenvalue weighted by Crippen LogP contribution is 2.34. The second-order valence-electron chi connectivity index (χ2n) is 6.73. The normalized spacial score (nSPS) is 14.0. The van der Waals surface area contributed by atoms with Gasteiger partial charge in [-0.1, -0.05) is 31.5 Å². The van der Waals surface area contributed by atoms with Crippen LogP contribution in [0.4, 0.5) is 5.82 Å². The number of hydrogen-bond acceptors (Lipinski definition) is 3. The Hall–Kier alpha value is -2.34. The van der Waals surface area contributed by atoms with Gasteiger partial charge in [-0.05, 0) is 36.5 Å². The topological polar surface area (TPSA) is 65.3 Å². The predicted molar refractivity (Wildman–Crippen MR) is 103 cm³/mol. The molecule has 0 aliphatic carbocycles. The number of anilines is 1. The molecule has 0 radical (unpaired) electrons. The lowest BCUT2D eigenvalue weighted by Crippen LogP contribution is -2.24. The van der Waals surface area contributed by atoms with Gasteiger partial charge in [0.2, 0.25) is 5.91 Å². The first-order valence-electron chi connectivity index (χ1n) is 9.29. The van der Waals surface area contributed by atoms with Crippen molar-refractivity contribution in [2.45, 2.75) is 53.6 Å². The summed E-state index contributed by atoms with van der Waals surface area (Å²) in [6, 6.07) is 4.28. The lowest BCUT2D eigenvalue weighted by molar-refractivity contribution is -0.114. The highest BCUT2D eigenvalue weighted by atomic mass is 16.5. The van der Waals surface area contributed by atoms with Crippen molar-refractivity contribution in [1.82, 2.24) is 9.36 Å². The van der Waals surface area contributed by atoms with E-state index in [0.29, 0.717) is 37.7 Å². The summed E-state index contributed by atoms with van der Waals surface area (Å²) < 4.78 is 9.07. The van der Waals surface area contributed by atoms with E-state index >= 15 is 0 Å². The van der Waals surface area contributed by atoms with Crippen LogP contribution in [0.15, 0.2) is 16.9 Å². The van der Waals surface area contributed by atoms with Crippen LogP contribution in [-0.4, -0.2) is 28.5 Å². The van der Waals surface area contributed by atoms with Gasteiger partial charge in [0.05, 0.1) is 31.9 Å². The van der Waals surface area contributed by atoms with Crippen LogP contribution < -0.4 is 10.9 Å². The Morgan fingerprint density at radius 2 is 1.65 bits per heavy atom. The van der Waals surface area contributed by atoms with Gasteiger partial charge in [0, 0.05) is 6.92 Å². The number of fused-ring (bicyclic) bond motifs is 1. The Bertz CT molecular complexity index is 867. The van der Waals surface area contributed by atoms with Gasteiger partial charge in [0.1, 0.15) is 5.82 Å². The monoisotopic (exact) mass is 357 g/mol. The summed E-state index contributed by atoms with van der Waals surface area (Å²) >= 11 is 0. The molecule has 1 aromatic heterocycles. The minimum atomic E-state index is -0.180. The number of carbonyl (C=O) groups excluding carboxylic acids is 1. The quantitative estimate of drug-likeness (QED) is 0.915. The Balaban J connectivity index is 2.36. The van der Waals surface area contributed by atoms with Crippen LogP contribution in [0.5, 0.6) is 0 Å². The molecule has 140 valence electrons. The van der Waals surface area contributed by atoms with Crippen LogP contribution in [0.3, 0.4) is 0 Å². The fraction of sp³-hybridized carbons (Fsp3) is 0.500. The Morgan fingerprint density at radius 3 is 2.19 bits per heavy atom. The number of amides is 1. The van der Waals surface area contributed by atoms with E-state index < -0.39 is 0 Å². The summed E-state index contributed by atoms with van der Waals surface area (Å²) in [5.41, 5.74) is 5.00. The number of aryl methyl sites for hydroxylation is 3. The summed E-state index contributed by atoms with van der Waals surface area (Å²) in [5.74, 6) is 0.404. The Morgan fingerprint density at radius 1 is 1.08 bits per heavy atom. The molecular weight excluding hydrogens is 330 g/mol. The molecular formula is C20H27N3O3. The molecule has 2 heterocycles. The smallest absolute Gasteiger partial charge is 0.276 e. The molecule has 3 rings (SSSR count). The first-order chi connectivity index (χ1) is 12.5. The number of nitrogens with zero attached hydrogens (tertiary/aromatic N) is 2. The van der Waals surface area contributed by atoms with Gasteiger partial charge < -0.3 is 10.1 Å². The van der Waals surface area contributed by atoms with E-state index in [0.717, 1.165) is 29.5 Å². The molecule has 2 aromatic rings. The van der Waals surface area contributed by atoms with E-state index in [2.05, 4.69) is 38.2 Å². The fourth-order valence-electron chi connectivity index (χ4n) is 3.79. The minimum absolute atomic E-state index is 0.0625. The third-order valence-corrected chi connectivity index (χ3v) is 4.88. The van der Waals surface area contributed by atoms with Crippen LogP contribution >= 0.6 is 0 Å². The summed E-state index contributed by atoms with van der Waals surface area (Å²) in [6.45, 7) is 9.80. The molecule has 0 fully saturated rings. The molecule has 0 spiro atoms. The zero-order valence-electron chi connectivity index (χ0n) is 16.0. The van der Waals surface area contributed by atoms with Crippen molar-refractivity contribution in [3.8, 4) is 11.1 Å². The number of carbonyl (C=O) groups is 1. The molecule has 1 aliphatic rings. The molecule has 0 atom stereocenters. The maximum Gasteiger partial charge on any atom is 0.276 e. The summed E-state index contributed by atoms with van der Waals surface area (Å²) in [6.07, 6.45) is 1.66. The molecule has 1 N–H and O–H groups in total. The molecule has 26 heavy (non-hydrogen) atoms. The number of hydrogen-bond donors (Lipinski definition) is 1. The third-order valence-electron chi connectivity index (χ3n) is 4.88. The van der Waals surface area contributed by atoms with Gasteiger partial charge in [-0.2, -0.15) is 0 Å². The molecule has 1 amide bonds. The third kappa shape index (κ3) is 3.21. The van der Waals surface area contributed by atoms with Crippen molar-refractivity contribution < 1.29 is 9.53 Å². The van der Waals surface area contributed by atoms with E-state index in [1.54, 1.807) is 4.68 Å². The van der Waals surface area contributed by atoms with Crippen molar-refractivity contribution in [3.05, 3.63) is 39.2 Å². The largest absolute Gasteiger partial charge is 0.378 e. The van der Waals surface area contributed by atoms with Crippen LogP contribution in [0.2, 0.25) is 0 Å². The molecule has 1 aliphatic heterocycles. The molecule has 1 aromatic carbocycles. The molecule has 0 unspecified atom stereocenters. The average molecular weight is 357 g/mol. The van der Waals surface area contributed by atoms with Gasteiger partial charge in [0.15, 0.2) is 0 Å². The summed E-state index contributed by atoms with van der Waals surface area (Å²) in [5, 5.41) is 2.91. The predicted octanol–water partition coefficient (Wildman–Crippen LogP) is 2.74. The van der Waals surface area contributed by atoms with Crippen LogP contribution in [0, 0.1) is 6.92 Å². The molecule has 0 saturated carbocycles. The SMILES string of the molecule is CCc1cc(C)cc(CC)c1-c1c(NC(C)=O)n2n(c1=O)CCOCC2. The lowest BCUT2D eigenvalue weighted by Gasteiger charge is -2.16. The molecule has 0 saturated heterocycles. The second-order valence-corrected chi connectivity index (χ2v) is 6.73. The molecule has 6 heteroatoms. The number of ether oxygens (including phenoxy) is 1. The van der Waals surface area contributed by atoms with Crippen molar-refractivity contribution in [1.29, 1.82) is 0 Å². The number of rotatable bonds is 4. The highest BCUT2D eigenvalue weighted by molar-refractivity contribution is 5.93. The standard InChI is InChI=1S/C20H27N3O3/c1-5-15-11-13(3)12-16(6-2)17(15)18-19(21-14(4)24)22-7-9-26-10-8-23(22)20(18)25/h11-12H,5-10H2,1-4H3,(H,21,24). The highest BCUT2D eigenvalue weighted by Gasteiger charge is 2.26. The summed E-state index contributed by atoms with van der Waals surface area (Å²) in [7, 11) is 0. The molecule has 6 nitrogen and oxygen atoms in total. The Kier molecular flexibility index (Phi) is 5.32. The maximum absolute atomic E-state index is 13.3. The number of benzene rings is 1. The number of nitrogens with one attached hydrogen (secondary N) is 1. The zero-order valence-corrected chi connectivity index (χ0v) is 16.0. The zero-order chi connectivity index (χ0) is 18.8. The lowest BCUT2D eigenvalue weighted by atomic mass is 9.91. The van der Waals surface area contributed by atoms with Crippen molar-refractivity contribution in [3.63, 3.8) is 0 Å². The van der Waals surface area contributed by atoms with Gasteiger partial charge in [-0.3, -0.25) is 14.3 Å². The van der Waals surface area contributed by atoms with Gasteiger partial charge in [-0.15, -0.1) is 0 Å². The first kappa shape index (κ1) is 18.5. The van der Waals surface area contributed by atoms with Crippen molar-refractivity contribution in [2.24, 2.45) is 0 Å². The van der Waals surface area contributed by atoms with Crippen LogP contribution in [0.1, 0.15) is 37.5 Å². The Labute approximate surface area is 153 Å². The van der Waals surface area contributed by atoms with E-state index in [1.807, 2.05) is 4.68 Å². The van der Waals surface area contributed by atoms with Crippen molar-refractivity contribution >= 4 is 11.7 Å². The van der Waals surface area contributed by atoms with E-state index in [1.165, 1.54) is 12.5 Å². The number of aromatic nitrogens is 2. The van der Waals surface area contributed by atoms with E-state index in [9.17, 15) is 9.59 Å².